The fourth-order valence-corrected chi connectivity index (χ4v) is 2.81. The van der Waals surface area contributed by atoms with Crippen LogP contribution in [0.1, 0.15) is 36.8 Å². The third-order valence-corrected chi connectivity index (χ3v) is 6.61. The number of halogens is 3. The molecule has 0 saturated heterocycles. The average Bonchev–Trinajstić information content (AvgIpc) is 2.89. The van der Waals surface area contributed by atoms with Crippen molar-refractivity contribution in [3.63, 3.8) is 0 Å². The van der Waals surface area contributed by atoms with E-state index < -0.39 is 0 Å². The number of ether oxygens (including phenoxy) is 3. The van der Waals surface area contributed by atoms with Gasteiger partial charge in [0.1, 0.15) is 11.5 Å². The molecule has 196 valence electrons. The van der Waals surface area contributed by atoms with Gasteiger partial charge in [-0.15, -0.1) is 0 Å². The van der Waals surface area contributed by atoms with E-state index in [-0.39, 0.29) is 17.7 Å². The Bertz CT molecular complexity index is 796. The quantitative estimate of drug-likeness (QED) is 0.200. The van der Waals surface area contributed by atoms with Crippen molar-refractivity contribution < 1.29 is 28.9 Å². The van der Waals surface area contributed by atoms with E-state index in [0.717, 1.165) is 53.0 Å². The molecule has 2 rings (SSSR count). The lowest BCUT2D eigenvalue weighted by atomic mass is 10.1. The molecule has 0 aliphatic carbocycles. The summed E-state index contributed by atoms with van der Waals surface area (Å²) in [4.78, 5) is 21.7. The van der Waals surface area contributed by atoms with Crippen LogP contribution in [-0.2, 0) is 31.9 Å². The van der Waals surface area contributed by atoms with Crippen molar-refractivity contribution in [1.29, 1.82) is 0 Å². The zero-order valence-electron chi connectivity index (χ0n) is 20.3. The maximum absolute atomic E-state index is 10.9. The molecule has 0 spiro atoms. The van der Waals surface area contributed by atoms with Crippen molar-refractivity contribution in [2.45, 2.75) is 38.5 Å². The lowest BCUT2D eigenvalue weighted by Gasteiger charge is -2.05. The Labute approximate surface area is 234 Å². The van der Waals surface area contributed by atoms with E-state index >= 15 is 0 Å². The highest BCUT2D eigenvalue weighted by atomic mass is 79.9. The zero-order chi connectivity index (χ0) is 26.3. The van der Waals surface area contributed by atoms with Gasteiger partial charge in [0.15, 0.2) is 0 Å². The number of phenolic OH excluding ortho intramolecular Hbond substituents is 1. The van der Waals surface area contributed by atoms with E-state index in [0.29, 0.717) is 19.4 Å². The Morgan fingerprint density at radius 1 is 0.714 bits per heavy atom. The summed E-state index contributed by atoms with van der Waals surface area (Å²) in [6.45, 7) is 0.668. The lowest BCUT2D eigenvalue weighted by Crippen LogP contribution is -2.00. The Morgan fingerprint density at radius 3 is 1.51 bits per heavy atom. The van der Waals surface area contributed by atoms with Crippen molar-refractivity contribution in [2.75, 3.05) is 36.8 Å². The summed E-state index contributed by atoms with van der Waals surface area (Å²) in [7, 11) is 2.81. The van der Waals surface area contributed by atoms with E-state index in [4.69, 9.17) is 9.84 Å². The van der Waals surface area contributed by atoms with Gasteiger partial charge < -0.3 is 19.3 Å². The van der Waals surface area contributed by atoms with Crippen LogP contribution in [0, 0.1) is 0 Å². The van der Waals surface area contributed by atoms with Gasteiger partial charge in [-0.05, 0) is 61.1 Å². The van der Waals surface area contributed by atoms with Gasteiger partial charge in [-0.3, -0.25) is 9.59 Å². The number of aryl methyl sites for hydroxylation is 2. The number of hydrogen-bond acceptors (Lipinski definition) is 6. The van der Waals surface area contributed by atoms with Crippen LogP contribution in [0.5, 0.6) is 11.5 Å². The standard InChI is InChI=1S/C13H17BrO3.C11H14O3.C2H4Br2/c1-16-13(15)4-2-3-11-5-7-12(8-6-11)17-10-9-14;1-14-11(13)4-2-3-9-5-7-10(12)8-6-9;3-1-2-4/h5-8H,2-4,9-10H2,1H3;5-8,12H,2-4H2,1H3;1-2H2. The second-order valence-electron chi connectivity index (χ2n) is 7.09. The predicted octanol–water partition coefficient (Wildman–Crippen LogP) is 6.62. The molecular weight excluding hydrogens is 648 g/mol. The van der Waals surface area contributed by atoms with E-state index in [1.54, 1.807) is 12.1 Å². The van der Waals surface area contributed by atoms with Crippen molar-refractivity contribution in [3.05, 3.63) is 59.7 Å². The molecule has 9 heteroatoms. The SMILES string of the molecule is BrCCBr.COC(=O)CCCc1ccc(O)cc1.COC(=O)CCCc1ccc(OCCBr)cc1. The van der Waals surface area contributed by atoms with Crippen LogP contribution >= 0.6 is 47.8 Å². The number of hydrogen-bond donors (Lipinski definition) is 1. The van der Waals surface area contributed by atoms with Gasteiger partial charge in [-0.1, -0.05) is 72.1 Å². The summed E-state index contributed by atoms with van der Waals surface area (Å²) in [5.74, 6) is 0.814. The van der Waals surface area contributed by atoms with Crippen LogP contribution in [0.2, 0.25) is 0 Å². The number of rotatable bonds is 12. The van der Waals surface area contributed by atoms with Crippen molar-refractivity contribution in [2.24, 2.45) is 0 Å². The summed E-state index contributed by atoms with van der Waals surface area (Å²) >= 11 is 9.71. The maximum Gasteiger partial charge on any atom is 0.305 e. The molecule has 0 saturated carbocycles. The van der Waals surface area contributed by atoms with Gasteiger partial charge in [-0.25, -0.2) is 0 Å². The minimum Gasteiger partial charge on any atom is -0.508 e. The van der Waals surface area contributed by atoms with Crippen molar-refractivity contribution in [1.82, 2.24) is 0 Å². The van der Waals surface area contributed by atoms with Crippen LogP contribution in [0.25, 0.3) is 0 Å². The molecule has 2 aromatic rings. The van der Waals surface area contributed by atoms with E-state index in [9.17, 15) is 9.59 Å². The summed E-state index contributed by atoms with van der Waals surface area (Å²) in [6.07, 6.45) is 4.21. The summed E-state index contributed by atoms with van der Waals surface area (Å²) in [6, 6.07) is 15.0. The molecule has 0 aliphatic heterocycles. The number of benzene rings is 2. The van der Waals surface area contributed by atoms with Gasteiger partial charge >= 0.3 is 11.9 Å². The molecular formula is C26H35Br3O6. The molecule has 0 fully saturated rings. The topological polar surface area (TPSA) is 82.1 Å². The van der Waals surface area contributed by atoms with Crippen LogP contribution in [-0.4, -0.2) is 53.9 Å². The number of aromatic hydroxyl groups is 1. The van der Waals surface area contributed by atoms with Gasteiger partial charge in [0, 0.05) is 28.8 Å². The molecule has 1 N–H and O–H groups in total. The Kier molecular flexibility index (Phi) is 21.8. The molecule has 2 aromatic carbocycles. The van der Waals surface area contributed by atoms with Crippen LogP contribution in [0.15, 0.2) is 48.5 Å². The first-order chi connectivity index (χ1) is 16.9. The largest absolute Gasteiger partial charge is 0.508 e. The molecule has 0 radical (unpaired) electrons. The number of alkyl halides is 3. The van der Waals surface area contributed by atoms with Gasteiger partial charge in [0.2, 0.25) is 0 Å². The molecule has 35 heavy (non-hydrogen) atoms. The summed E-state index contributed by atoms with van der Waals surface area (Å²) in [5, 5.41) is 12.0. The second kappa shape index (κ2) is 22.9. The molecule has 0 heterocycles. The van der Waals surface area contributed by atoms with E-state index in [1.165, 1.54) is 19.8 Å². The highest BCUT2D eigenvalue weighted by molar-refractivity contribution is 9.12. The molecule has 0 unspecified atom stereocenters. The predicted molar refractivity (Wildman–Crippen MR) is 151 cm³/mol. The van der Waals surface area contributed by atoms with E-state index in [1.807, 2.05) is 36.4 Å². The van der Waals surface area contributed by atoms with Crippen molar-refractivity contribution in [3.8, 4) is 11.5 Å². The third kappa shape index (κ3) is 19.3. The smallest absolute Gasteiger partial charge is 0.305 e. The first-order valence-corrected chi connectivity index (χ1v) is 14.6. The van der Waals surface area contributed by atoms with Crippen LogP contribution < -0.4 is 4.74 Å². The minimum atomic E-state index is -0.177. The highest BCUT2D eigenvalue weighted by Crippen LogP contribution is 2.14. The van der Waals surface area contributed by atoms with Crippen molar-refractivity contribution >= 4 is 59.7 Å². The number of carbonyl (C=O) groups is 2. The first-order valence-electron chi connectivity index (χ1n) is 11.2. The number of carbonyl (C=O) groups excluding carboxylic acids is 2. The first kappa shape index (κ1) is 33.4. The molecule has 0 bridgehead atoms. The summed E-state index contributed by atoms with van der Waals surface area (Å²) in [5.41, 5.74) is 2.33. The summed E-state index contributed by atoms with van der Waals surface area (Å²) < 4.78 is 14.6. The molecule has 6 nitrogen and oxygen atoms in total. The third-order valence-electron chi connectivity index (χ3n) is 4.43. The second-order valence-corrected chi connectivity index (χ2v) is 9.46. The van der Waals surface area contributed by atoms with Gasteiger partial charge in [-0.2, -0.15) is 0 Å². The fraction of sp³-hybridized carbons (Fsp3) is 0.462. The fourth-order valence-electron chi connectivity index (χ4n) is 2.65. The van der Waals surface area contributed by atoms with Gasteiger partial charge in [0.05, 0.1) is 20.8 Å². The van der Waals surface area contributed by atoms with Crippen LogP contribution in [0.3, 0.4) is 0 Å². The molecule has 0 aromatic heterocycles. The highest BCUT2D eigenvalue weighted by Gasteiger charge is 2.01. The minimum absolute atomic E-state index is 0.151. The Hall–Kier alpha value is -1.58. The lowest BCUT2D eigenvalue weighted by molar-refractivity contribution is -0.141. The van der Waals surface area contributed by atoms with Gasteiger partial charge in [0.25, 0.3) is 0 Å². The number of methoxy groups -OCH3 is 2. The maximum atomic E-state index is 10.9. The number of phenols is 1. The Balaban J connectivity index is 0.000000581. The Morgan fingerprint density at radius 2 is 1.14 bits per heavy atom. The molecule has 0 aliphatic rings. The monoisotopic (exact) mass is 680 g/mol. The average molecular weight is 683 g/mol. The number of esters is 2. The normalized spacial score (nSPS) is 9.63. The zero-order valence-corrected chi connectivity index (χ0v) is 25.1. The van der Waals surface area contributed by atoms with E-state index in [2.05, 4.69) is 57.3 Å². The molecule has 0 amide bonds. The molecule has 0 atom stereocenters. The van der Waals surface area contributed by atoms with Crippen LogP contribution in [0.4, 0.5) is 0 Å².